The summed E-state index contributed by atoms with van der Waals surface area (Å²) in [5.74, 6) is 1.16. The van der Waals surface area contributed by atoms with Crippen LogP contribution >= 0.6 is 0 Å². The van der Waals surface area contributed by atoms with Crippen LogP contribution in [0.1, 0.15) is 24.9 Å². The average molecular weight is 222 g/mol. The van der Waals surface area contributed by atoms with Gasteiger partial charge in [-0.3, -0.25) is 0 Å². The standard InChI is InChI=1S/C12H18N2O2/c1-9(13)11-2-4-14-12(6-11)16-8-10-3-5-15-7-10/h2,4,6,9-10H,3,5,7-8,13H2,1H3/t9-,10?/m0/s1. The highest BCUT2D eigenvalue weighted by Crippen LogP contribution is 2.17. The van der Waals surface area contributed by atoms with Crippen molar-refractivity contribution in [1.29, 1.82) is 0 Å². The molecule has 2 atom stereocenters. The van der Waals surface area contributed by atoms with Gasteiger partial charge in [0.05, 0.1) is 13.2 Å². The maximum atomic E-state index is 5.80. The van der Waals surface area contributed by atoms with Gasteiger partial charge in [0.15, 0.2) is 0 Å². The van der Waals surface area contributed by atoms with E-state index in [-0.39, 0.29) is 6.04 Å². The smallest absolute Gasteiger partial charge is 0.213 e. The van der Waals surface area contributed by atoms with Gasteiger partial charge in [0, 0.05) is 30.8 Å². The Morgan fingerprint density at radius 2 is 2.56 bits per heavy atom. The first-order valence-corrected chi connectivity index (χ1v) is 5.68. The normalized spacial score (nSPS) is 22.0. The molecule has 0 saturated carbocycles. The molecule has 2 heterocycles. The molecule has 1 fully saturated rings. The molecule has 1 saturated heterocycles. The molecular weight excluding hydrogens is 204 g/mol. The van der Waals surface area contributed by atoms with Crippen molar-refractivity contribution in [3.8, 4) is 5.88 Å². The van der Waals surface area contributed by atoms with Crippen LogP contribution < -0.4 is 10.5 Å². The number of nitrogens with two attached hydrogens (primary N) is 1. The van der Waals surface area contributed by atoms with Gasteiger partial charge in [0.2, 0.25) is 5.88 Å². The van der Waals surface area contributed by atoms with Crippen LogP contribution in [0.15, 0.2) is 18.3 Å². The second-order valence-electron chi connectivity index (χ2n) is 4.26. The lowest BCUT2D eigenvalue weighted by molar-refractivity contribution is 0.165. The molecule has 1 aliphatic rings. The van der Waals surface area contributed by atoms with Gasteiger partial charge >= 0.3 is 0 Å². The number of hydrogen-bond donors (Lipinski definition) is 1. The van der Waals surface area contributed by atoms with E-state index < -0.39 is 0 Å². The summed E-state index contributed by atoms with van der Waals surface area (Å²) >= 11 is 0. The fourth-order valence-electron chi connectivity index (χ4n) is 1.70. The highest BCUT2D eigenvalue weighted by atomic mass is 16.5. The number of ether oxygens (including phenoxy) is 2. The van der Waals surface area contributed by atoms with Crippen LogP contribution in [0.3, 0.4) is 0 Å². The predicted octanol–water partition coefficient (Wildman–Crippen LogP) is 1.52. The molecule has 0 aliphatic carbocycles. The third-order valence-electron chi connectivity index (χ3n) is 2.78. The van der Waals surface area contributed by atoms with Gasteiger partial charge in [0.1, 0.15) is 0 Å². The van der Waals surface area contributed by atoms with E-state index in [0.717, 1.165) is 25.2 Å². The summed E-state index contributed by atoms with van der Waals surface area (Å²) in [6.45, 7) is 4.27. The van der Waals surface area contributed by atoms with Gasteiger partial charge in [-0.25, -0.2) is 4.98 Å². The number of pyridine rings is 1. The molecule has 0 radical (unpaired) electrons. The molecule has 1 aromatic heterocycles. The Labute approximate surface area is 95.8 Å². The van der Waals surface area contributed by atoms with E-state index in [1.807, 2.05) is 19.1 Å². The molecule has 4 nitrogen and oxygen atoms in total. The summed E-state index contributed by atoms with van der Waals surface area (Å²) < 4.78 is 10.9. The first-order valence-electron chi connectivity index (χ1n) is 5.68. The Kier molecular flexibility index (Phi) is 3.74. The fraction of sp³-hybridized carbons (Fsp3) is 0.583. The van der Waals surface area contributed by atoms with E-state index in [2.05, 4.69) is 4.98 Å². The Bertz CT molecular complexity index is 336. The van der Waals surface area contributed by atoms with E-state index in [4.69, 9.17) is 15.2 Å². The zero-order chi connectivity index (χ0) is 11.4. The molecular formula is C12H18N2O2. The average Bonchev–Trinajstić information content (AvgIpc) is 2.79. The lowest BCUT2D eigenvalue weighted by Crippen LogP contribution is -2.13. The SMILES string of the molecule is C[C@H](N)c1ccnc(OCC2CCOC2)c1. The summed E-state index contributed by atoms with van der Waals surface area (Å²) in [5.41, 5.74) is 6.85. The second kappa shape index (κ2) is 5.27. The Morgan fingerprint density at radius 3 is 3.25 bits per heavy atom. The van der Waals surface area contributed by atoms with Crippen LogP contribution in [-0.4, -0.2) is 24.8 Å². The molecule has 1 aromatic rings. The molecule has 0 amide bonds. The van der Waals surface area contributed by atoms with Crippen LogP contribution in [0.25, 0.3) is 0 Å². The number of aromatic nitrogens is 1. The van der Waals surface area contributed by atoms with Gasteiger partial charge in [0.25, 0.3) is 0 Å². The zero-order valence-electron chi connectivity index (χ0n) is 9.56. The molecule has 1 aliphatic heterocycles. The first-order chi connectivity index (χ1) is 7.75. The minimum Gasteiger partial charge on any atom is -0.477 e. The summed E-state index contributed by atoms with van der Waals surface area (Å²) in [4.78, 5) is 4.16. The molecule has 0 spiro atoms. The van der Waals surface area contributed by atoms with Gasteiger partial charge in [-0.2, -0.15) is 0 Å². The number of hydrogen-bond acceptors (Lipinski definition) is 4. The summed E-state index contributed by atoms with van der Waals surface area (Å²) in [7, 11) is 0. The number of rotatable bonds is 4. The molecule has 2 rings (SSSR count). The quantitative estimate of drug-likeness (QED) is 0.839. The molecule has 0 bridgehead atoms. The van der Waals surface area contributed by atoms with Crippen molar-refractivity contribution in [2.75, 3.05) is 19.8 Å². The Hall–Kier alpha value is -1.13. The Morgan fingerprint density at radius 1 is 1.69 bits per heavy atom. The molecule has 0 aromatic carbocycles. The van der Waals surface area contributed by atoms with E-state index in [0.29, 0.717) is 18.4 Å². The molecule has 1 unspecified atom stereocenters. The van der Waals surface area contributed by atoms with Crippen molar-refractivity contribution in [3.05, 3.63) is 23.9 Å². The minimum absolute atomic E-state index is 0.0140. The monoisotopic (exact) mass is 222 g/mol. The van der Waals surface area contributed by atoms with Crippen LogP contribution in [0, 0.1) is 5.92 Å². The molecule has 4 heteroatoms. The maximum Gasteiger partial charge on any atom is 0.213 e. The summed E-state index contributed by atoms with van der Waals surface area (Å²) in [5, 5.41) is 0. The lowest BCUT2D eigenvalue weighted by atomic mass is 10.1. The van der Waals surface area contributed by atoms with Gasteiger partial charge < -0.3 is 15.2 Å². The van der Waals surface area contributed by atoms with Gasteiger partial charge in [-0.1, -0.05) is 0 Å². The number of nitrogens with zero attached hydrogens (tertiary/aromatic N) is 1. The van der Waals surface area contributed by atoms with Crippen LogP contribution in [-0.2, 0) is 4.74 Å². The molecule has 2 N–H and O–H groups in total. The maximum absolute atomic E-state index is 5.80. The molecule has 88 valence electrons. The topological polar surface area (TPSA) is 57.4 Å². The van der Waals surface area contributed by atoms with E-state index >= 15 is 0 Å². The largest absolute Gasteiger partial charge is 0.477 e. The van der Waals surface area contributed by atoms with Gasteiger partial charge in [-0.15, -0.1) is 0 Å². The predicted molar refractivity (Wildman–Crippen MR) is 61.3 cm³/mol. The van der Waals surface area contributed by atoms with Crippen molar-refractivity contribution in [2.45, 2.75) is 19.4 Å². The van der Waals surface area contributed by atoms with E-state index in [1.165, 1.54) is 0 Å². The first kappa shape index (κ1) is 11.4. The van der Waals surface area contributed by atoms with Crippen LogP contribution in [0.4, 0.5) is 0 Å². The van der Waals surface area contributed by atoms with Crippen LogP contribution in [0.5, 0.6) is 5.88 Å². The van der Waals surface area contributed by atoms with Crippen molar-refractivity contribution in [3.63, 3.8) is 0 Å². The minimum atomic E-state index is 0.0140. The fourth-order valence-corrected chi connectivity index (χ4v) is 1.70. The van der Waals surface area contributed by atoms with E-state index in [9.17, 15) is 0 Å². The van der Waals surface area contributed by atoms with Crippen molar-refractivity contribution in [1.82, 2.24) is 4.98 Å². The van der Waals surface area contributed by atoms with Crippen molar-refractivity contribution in [2.24, 2.45) is 11.7 Å². The Balaban J connectivity index is 1.90. The van der Waals surface area contributed by atoms with Crippen molar-refractivity contribution < 1.29 is 9.47 Å². The zero-order valence-corrected chi connectivity index (χ0v) is 9.56. The summed E-state index contributed by atoms with van der Waals surface area (Å²) in [6.07, 6.45) is 2.81. The highest BCUT2D eigenvalue weighted by molar-refractivity contribution is 5.22. The lowest BCUT2D eigenvalue weighted by Gasteiger charge is -2.11. The summed E-state index contributed by atoms with van der Waals surface area (Å²) in [6, 6.07) is 3.83. The second-order valence-corrected chi connectivity index (χ2v) is 4.26. The van der Waals surface area contributed by atoms with Crippen molar-refractivity contribution >= 4 is 0 Å². The molecule has 16 heavy (non-hydrogen) atoms. The van der Waals surface area contributed by atoms with Gasteiger partial charge in [-0.05, 0) is 25.0 Å². The third-order valence-corrected chi connectivity index (χ3v) is 2.78. The van der Waals surface area contributed by atoms with E-state index in [1.54, 1.807) is 6.20 Å². The third kappa shape index (κ3) is 2.93. The van der Waals surface area contributed by atoms with Crippen LogP contribution in [0.2, 0.25) is 0 Å². The highest BCUT2D eigenvalue weighted by Gasteiger charge is 2.16.